The summed E-state index contributed by atoms with van der Waals surface area (Å²) in [6.45, 7) is 0. The van der Waals surface area contributed by atoms with E-state index in [0.29, 0.717) is 0 Å². The van der Waals surface area contributed by atoms with E-state index in [1.54, 1.807) is 12.1 Å². The summed E-state index contributed by atoms with van der Waals surface area (Å²) in [5.41, 5.74) is -4.97. The molecule has 0 atom stereocenters. The van der Waals surface area contributed by atoms with Crippen LogP contribution < -0.4 is 20.7 Å². The number of hydrogen-bond donors (Lipinski definition) is 0. The van der Waals surface area contributed by atoms with Crippen molar-refractivity contribution >= 4 is 72.6 Å². The van der Waals surface area contributed by atoms with Crippen molar-refractivity contribution in [3.63, 3.8) is 0 Å². The van der Waals surface area contributed by atoms with Crippen molar-refractivity contribution in [2.75, 3.05) is 0 Å². The zero-order chi connectivity index (χ0) is 65.7. The van der Waals surface area contributed by atoms with Crippen molar-refractivity contribution in [1.82, 2.24) is 19.5 Å². The Morgan fingerprint density at radius 3 is 1.51 bits per heavy atom. The Hall–Kier alpha value is -8.97. The van der Waals surface area contributed by atoms with Crippen molar-refractivity contribution < 1.29 is 35.9 Å². The molecule has 324 valence electrons. The van der Waals surface area contributed by atoms with Crippen molar-refractivity contribution in [2.24, 2.45) is 0 Å². The summed E-state index contributed by atoms with van der Waals surface area (Å²) in [5.74, 6) is -1.55. The fraction of sp³-hybridized carbons (Fsp3) is 0. The molecule has 3 heterocycles. The molecule has 0 aliphatic carbocycles. The largest absolute Gasteiger partial charge is 0.456 e. The van der Waals surface area contributed by atoms with Gasteiger partial charge in [-0.15, -0.1) is 0 Å². The van der Waals surface area contributed by atoms with E-state index in [-0.39, 0.29) is 22.2 Å². The lowest BCUT2D eigenvalue weighted by atomic mass is 10.0. The van der Waals surface area contributed by atoms with Crippen LogP contribution >= 0.6 is 0 Å². The highest BCUT2D eigenvalue weighted by molar-refractivity contribution is 7.19. The van der Waals surface area contributed by atoms with Gasteiger partial charge in [-0.2, -0.15) is 0 Å². The molecule has 0 radical (unpaired) electrons. The number of para-hydroxylation sites is 3. The van der Waals surface area contributed by atoms with E-state index in [4.69, 9.17) is 30.8 Å². The predicted octanol–water partition coefficient (Wildman–Crippen LogP) is 12.9. The molecule has 0 bridgehead atoms. The van der Waals surface area contributed by atoms with E-state index < -0.39 is 220 Å². The number of fused-ring (bicyclic) bond motifs is 6. The molecule has 13 rings (SSSR count). The van der Waals surface area contributed by atoms with Crippen LogP contribution in [0.15, 0.2) is 259 Å². The summed E-state index contributed by atoms with van der Waals surface area (Å²) < 4.78 is 216. The lowest BCUT2D eigenvalue weighted by Crippen LogP contribution is -2.74. The lowest BCUT2D eigenvalue weighted by molar-refractivity contribution is 0.669. The number of nitrogens with zero attached hydrogens (tertiary/aromatic N) is 4. The average Bonchev–Trinajstić information content (AvgIpc) is 1.55. The van der Waals surface area contributed by atoms with Gasteiger partial charge in [0, 0.05) is 43.9 Å². The molecule has 0 aliphatic heterocycles. The molecule has 0 saturated heterocycles. The molecule has 3 aromatic heterocycles. The third-order valence-electron chi connectivity index (χ3n) is 11.9. The van der Waals surface area contributed by atoms with Gasteiger partial charge in [-0.3, -0.25) is 0 Å². The molecule has 5 nitrogen and oxygen atoms in total. The van der Waals surface area contributed by atoms with Crippen LogP contribution in [-0.4, -0.2) is 27.6 Å². The average molecular weight is 922 g/mol. The molecule has 0 saturated carbocycles. The maximum atomic E-state index is 10.1. The van der Waals surface area contributed by atoms with E-state index in [1.807, 2.05) is 103 Å². The number of furan rings is 1. The second-order valence-electron chi connectivity index (χ2n) is 15.8. The van der Waals surface area contributed by atoms with Gasteiger partial charge in [0.15, 0.2) is 25.5 Å². The fourth-order valence-corrected chi connectivity index (χ4v) is 13.7. The Kier molecular flexibility index (Phi) is 5.61. The number of benzene rings is 10. The standard InChI is InChI=1S/C63H42N4OSi/c1-4-21-49(22-5-1)69(50-23-6-2-7-24-50,51-25-8-3-9-26-51)52-27-17-19-47(41-52)63-65-61(44-36-34-43(35-37-44)45-38-39-60-56(42-45)55-30-12-15-33-59(55)68-60)64-62(66-63)46-18-16-20-48(40-46)67-57-31-13-10-28-53(57)54-29-11-14-32-58(54)67/h1-42H/i10D,11D,12D,13D,14D,15D,16D,18D,20D,28D,29D,30D,31D,32D,33D,34D,35D,36D,37D,38D,39D,40D,42D. The highest BCUT2D eigenvalue weighted by atomic mass is 28.3. The van der Waals surface area contributed by atoms with Gasteiger partial charge >= 0.3 is 0 Å². The summed E-state index contributed by atoms with van der Waals surface area (Å²) in [7, 11) is -3.38. The second kappa shape index (κ2) is 16.7. The summed E-state index contributed by atoms with van der Waals surface area (Å²) in [6, 6.07) is 18.4. The fourth-order valence-electron chi connectivity index (χ4n) is 8.86. The minimum atomic E-state index is -3.38. The summed E-state index contributed by atoms with van der Waals surface area (Å²) in [5, 5.41) is 2.18. The molecule has 0 aliphatic rings. The van der Waals surface area contributed by atoms with Gasteiger partial charge in [0.25, 0.3) is 0 Å². The van der Waals surface area contributed by atoms with Crippen molar-refractivity contribution in [1.29, 1.82) is 0 Å². The normalized spacial score (nSPS) is 16.4. The quantitative estimate of drug-likeness (QED) is 0.107. The van der Waals surface area contributed by atoms with Crippen LogP contribution in [0.3, 0.4) is 0 Å². The zero-order valence-corrected chi connectivity index (χ0v) is 36.7. The van der Waals surface area contributed by atoms with Crippen LogP contribution in [0, 0.1) is 0 Å². The van der Waals surface area contributed by atoms with E-state index in [9.17, 15) is 15.1 Å². The smallest absolute Gasteiger partial charge is 0.179 e. The summed E-state index contributed by atoms with van der Waals surface area (Å²) in [4.78, 5) is 14.4. The van der Waals surface area contributed by atoms with Crippen molar-refractivity contribution in [2.45, 2.75) is 0 Å². The Morgan fingerprint density at radius 2 is 0.870 bits per heavy atom. The molecule has 0 fully saturated rings. The molecule has 0 amide bonds. The van der Waals surface area contributed by atoms with Crippen LogP contribution in [0.1, 0.15) is 31.5 Å². The number of rotatable bonds is 9. The van der Waals surface area contributed by atoms with E-state index in [0.717, 1.165) is 25.3 Å². The van der Waals surface area contributed by atoms with Gasteiger partial charge < -0.3 is 8.98 Å². The minimum absolute atomic E-state index is 0.231. The first-order valence-corrected chi connectivity index (χ1v) is 23.5. The molecular formula is C63H42N4OSi. The maximum absolute atomic E-state index is 10.1. The van der Waals surface area contributed by atoms with E-state index >= 15 is 0 Å². The van der Waals surface area contributed by atoms with Gasteiger partial charge in [-0.1, -0.05) is 212 Å². The highest BCUT2D eigenvalue weighted by Gasteiger charge is 2.41. The summed E-state index contributed by atoms with van der Waals surface area (Å²) >= 11 is 0. The Labute approximate surface area is 432 Å². The Bertz CT molecular complexity index is 5200. The molecule has 10 aromatic carbocycles. The predicted molar refractivity (Wildman–Crippen MR) is 287 cm³/mol. The minimum Gasteiger partial charge on any atom is -0.456 e. The van der Waals surface area contributed by atoms with Crippen LogP contribution in [0.5, 0.6) is 0 Å². The Balaban J connectivity index is 1.13. The molecule has 0 spiro atoms. The topological polar surface area (TPSA) is 56.7 Å². The van der Waals surface area contributed by atoms with Crippen molar-refractivity contribution in [3.8, 4) is 51.0 Å². The monoisotopic (exact) mass is 921 g/mol. The van der Waals surface area contributed by atoms with Gasteiger partial charge in [-0.05, 0) is 74.2 Å². The van der Waals surface area contributed by atoms with E-state index in [1.165, 1.54) is 0 Å². The summed E-state index contributed by atoms with van der Waals surface area (Å²) in [6.07, 6.45) is 0. The third kappa shape index (κ3) is 6.88. The molecule has 0 N–H and O–H groups in total. The Morgan fingerprint density at radius 1 is 0.362 bits per heavy atom. The molecule has 6 heteroatoms. The van der Waals surface area contributed by atoms with Gasteiger partial charge in [0.2, 0.25) is 0 Å². The number of hydrogen-bond acceptors (Lipinski definition) is 4. The number of aromatic nitrogens is 4. The van der Waals surface area contributed by atoms with Gasteiger partial charge in [0.05, 0.1) is 42.6 Å². The molecule has 69 heavy (non-hydrogen) atoms. The van der Waals surface area contributed by atoms with Crippen molar-refractivity contribution in [3.05, 3.63) is 254 Å². The van der Waals surface area contributed by atoms with Gasteiger partial charge in [0.1, 0.15) is 11.2 Å². The van der Waals surface area contributed by atoms with Gasteiger partial charge in [-0.25, -0.2) is 15.0 Å². The van der Waals surface area contributed by atoms with Crippen LogP contribution in [0.4, 0.5) is 0 Å². The van der Waals surface area contributed by atoms with Crippen LogP contribution in [-0.2, 0) is 0 Å². The highest BCUT2D eigenvalue weighted by Crippen LogP contribution is 2.35. The van der Waals surface area contributed by atoms with Crippen LogP contribution in [0.25, 0.3) is 94.7 Å². The molecular weight excluding hydrogens is 857 g/mol. The first kappa shape index (κ1) is 23.2. The first-order valence-electron chi connectivity index (χ1n) is 33.0. The molecule has 13 aromatic rings. The van der Waals surface area contributed by atoms with E-state index in [2.05, 4.69) is 4.98 Å². The third-order valence-corrected chi connectivity index (χ3v) is 16.7. The zero-order valence-electron chi connectivity index (χ0n) is 58.7. The second-order valence-corrected chi connectivity index (χ2v) is 19.6. The SMILES string of the molecule is [2H]c1c([2H])c(-c2nc(-c3cccc([Si](c4ccccc4)(c4ccccc4)c4ccccc4)c3)nc(-c3c([2H])c([2H])c(-c4c([2H])c([2H])c5oc6c([2H])c([2H])c([2H])c([2H])c6c5c4[2H])c([2H])c3[2H])n2)c([2H])c(-n2c3c([2H])c([2H])c([2H])c([2H])c3c3c([2H])c([2H])c([2H])c([2H])c32)c1[2H]. The maximum Gasteiger partial charge on any atom is 0.179 e. The first-order chi connectivity index (χ1) is 43.8. The molecule has 0 unspecified atom stereocenters. The lowest BCUT2D eigenvalue weighted by Gasteiger charge is -2.34. The van der Waals surface area contributed by atoms with Crippen LogP contribution in [0.2, 0.25) is 0 Å².